The van der Waals surface area contributed by atoms with Crippen molar-refractivity contribution in [3.63, 3.8) is 0 Å². The second-order valence-corrected chi connectivity index (χ2v) is 4.58. The van der Waals surface area contributed by atoms with Crippen LogP contribution in [-0.4, -0.2) is 15.9 Å². The Morgan fingerprint density at radius 2 is 2.26 bits per heavy atom. The van der Waals surface area contributed by atoms with Gasteiger partial charge in [0.25, 0.3) is 5.56 Å². The molecule has 3 rings (SSSR count). The monoisotopic (exact) mass is 256 g/mol. The number of carbonyl (C=O) groups excluding carboxylic acids is 1. The molecule has 0 unspecified atom stereocenters. The second kappa shape index (κ2) is 4.35. The molecule has 0 fully saturated rings. The molecule has 0 radical (unpaired) electrons. The highest BCUT2D eigenvalue weighted by molar-refractivity contribution is 5.77. The Balaban J connectivity index is 2.20. The summed E-state index contributed by atoms with van der Waals surface area (Å²) in [6.45, 7) is 1.75. The minimum atomic E-state index is -0.327. The van der Waals surface area contributed by atoms with Gasteiger partial charge in [0.1, 0.15) is 5.75 Å². The van der Waals surface area contributed by atoms with Crippen LogP contribution in [0.1, 0.15) is 29.2 Å². The summed E-state index contributed by atoms with van der Waals surface area (Å²) >= 11 is 0. The van der Waals surface area contributed by atoms with Gasteiger partial charge in [-0.3, -0.25) is 14.6 Å². The first-order chi connectivity index (χ1) is 9.15. The van der Waals surface area contributed by atoms with Crippen molar-refractivity contribution in [1.82, 2.24) is 9.97 Å². The number of hydrogen-bond acceptors (Lipinski definition) is 4. The molecule has 0 spiro atoms. The van der Waals surface area contributed by atoms with E-state index in [2.05, 4.69) is 9.97 Å². The number of nitrogens with zero attached hydrogens (tertiary/aromatic N) is 1. The largest absolute Gasteiger partial charge is 0.426 e. The molecule has 1 atom stereocenters. The zero-order valence-corrected chi connectivity index (χ0v) is 10.3. The third-order valence-electron chi connectivity index (χ3n) is 3.20. The Labute approximate surface area is 109 Å². The summed E-state index contributed by atoms with van der Waals surface area (Å²) in [6, 6.07) is 5.33. The number of esters is 1. The average molecular weight is 256 g/mol. The van der Waals surface area contributed by atoms with Crippen LogP contribution in [0.4, 0.5) is 0 Å². The maximum Gasteiger partial charge on any atom is 0.312 e. The molecule has 0 amide bonds. The molecule has 96 valence electrons. The van der Waals surface area contributed by atoms with Crippen LogP contribution in [-0.2, 0) is 4.79 Å². The predicted molar refractivity (Wildman–Crippen MR) is 68.1 cm³/mol. The Morgan fingerprint density at radius 3 is 3.00 bits per heavy atom. The summed E-state index contributed by atoms with van der Waals surface area (Å²) in [4.78, 5) is 30.6. The first kappa shape index (κ1) is 11.6. The summed E-state index contributed by atoms with van der Waals surface area (Å²) in [5, 5.41) is 0. The van der Waals surface area contributed by atoms with Crippen LogP contribution in [0.15, 0.2) is 35.4 Å². The van der Waals surface area contributed by atoms with Gasteiger partial charge in [0, 0.05) is 30.1 Å². The lowest BCUT2D eigenvalue weighted by molar-refractivity contribution is -0.135. The number of carbonyl (C=O) groups is 1. The fourth-order valence-corrected chi connectivity index (χ4v) is 2.38. The minimum absolute atomic E-state index is 0.158. The zero-order chi connectivity index (χ0) is 13.4. The van der Waals surface area contributed by atoms with Crippen LogP contribution in [0.5, 0.6) is 5.75 Å². The number of nitrogens with one attached hydrogen (secondary N) is 1. The Kier molecular flexibility index (Phi) is 2.67. The summed E-state index contributed by atoms with van der Waals surface area (Å²) in [7, 11) is 0. The van der Waals surface area contributed by atoms with Gasteiger partial charge >= 0.3 is 5.97 Å². The molecule has 0 bridgehead atoms. The lowest BCUT2D eigenvalue weighted by atomic mass is 9.88. The van der Waals surface area contributed by atoms with Crippen molar-refractivity contribution in [2.24, 2.45) is 0 Å². The number of pyridine rings is 2. The lowest BCUT2D eigenvalue weighted by Gasteiger charge is -2.23. The maximum absolute atomic E-state index is 12.1. The third-order valence-corrected chi connectivity index (χ3v) is 3.20. The second-order valence-electron chi connectivity index (χ2n) is 4.58. The molecule has 5 heteroatoms. The number of rotatable bonds is 1. The molecule has 0 aliphatic carbocycles. The summed E-state index contributed by atoms with van der Waals surface area (Å²) in [5.41, 5.74) is 1.80. The number of fused-ring (bicyclic) bond motifs is 1. The van der Waals surface area contributed by atoms with Gasteiger partial charge in [-0.2, -0.15) is 0 Å². The van der Waals surface area contributed by atoms with Crippen molar-refractivity contribution >= 4 is 5.97 Å². The highest BCUT2D eigenvalue weighted by atomic mass is 16.5. The van der Waals surface area contributed by atoms with Crippen molar-refractivity contribution in [3.05, 3.63) is 57.8 Å². The normalized spacial score (nSPS) is 17.7. The number of aryl methyl sites for hydroxylation is 1. The van der Waals surface area contributed by atoms with E-state index >= 15 is 0 Å². The van der Waals surface area contributed by atoms with E-state index in [-0.39, 0.29) is 23.9 Å². The maximum atomic E-state index is 12.1. The van der Waals surface area contributed by atoms with Crippen LogP contribution in [0, 0.1) is 6.92 Å². The van der Waals surface area contributed by atoms with Crippen LogP contribution >= 0.6 is 0 Å². The summed E-state index contributed by atoms with van der Waals surface area (Å²) in [5.74, 6) is -0.271. The number of ether oxygens (including phenoxy) is 1. The molecule has 0 aromatic carbocycles. The van der Waals surface area contributed by atoms with E-state index in [1.54, 1.807) is 31.5 Å². The smallest absolute Gasteiger partial charge is 0.312 e. The number of aromatic nitrogens is 2. The van der Waals surface area contributed by atoms with Gasteiger partial charge in [-0.15, -0.1) is 0 Å². The zero-order valence-electron chi connectivity index (χ0n) is 10.3. The summed E-state index contributed by atoms with van der Waals surface area (Å²) in [6.07, 6.45) is 3.49. The van der Waals surface area contributed by atoms with E-state index in [1.807, 2.05) is 6.07 Å². The quantitative estimate of drug-likeness (QED) is 0.785. The van der Waals surface area contributed by atoms with E-state index in [0.29, 0.717) is 17.0 Å². The molecule has 0 saturated carbocycles. The molecule has 1 aliphatic heterocycles. The topological polar surface area (TPSA) is 72.0 Å². The van der Waals surface area contributed by atoms with Gasteiger partial charge in [-0.05, 0) is 18.6 Å². The first-order valence-electron chi connectivity index (χ1n) is 5.99. The van der Waals surface area contributed by atoms with Gasteiger partial charge in [-0.1, -0.05) is 6.07 Å². The van der Waals surface area contributed by atoms with E-state index < -0.39 is 0 Å². The van der Waals surface area contributed by atoms with E-state index in [0.717, 1.165) is 5.56 Å². The van der Waals surface area contributed by atoms with Crippen LogP contribution in [0.25, 0.3) is 0 Å². The molecule has 2 aromatic heterocycles. The molecule has 5 nitrogen and oxygen atoms in total. The van der Waals surface area contributed by atoms with E-state index in [9.17, 15) is 9.59 Å². The average Bonchev–Trinajstić information content (AvgIpc) is 2.38. The molecule has 1 aliphatic rings. The van der Waals surface area contributed by atoms with Gasteiger partial charge in [-0.25, -0.2) is 0 Å². The van der Waals surface area contributed by atoms with E-state index in [1.165, 1.54) is 0 Å². The Morgan fingerprint density at radius 1 is 1.42 bits per heavy atom. The highest BCUT2D eigenvalue weighted by Gasteiger charge is 2.31. The molecule has 2 aromatic rings. The Bertz CT molecular complexity index is 692. The van der Waals surface area contributed by atoms with Crippen molar-refractivity contribution < 1.29 is 9.53 Å². The predicted octanol–water partition coefficient (Wildman–Crippen LogP) is 1.52. The van der Waals surface area contributed by atoms with Gasteiger partial charge in [0.05, 0.1) is 12.0 Å². The van der Waals surface area contributed by atoms with Crippen molar-refractivity contribution in [3.8, 4) is 5.75 Å². The molecular weight excluding hydrogens is 244 g/mol. The Hall–Kier alpha value is -2.43. The van der Waals surface area contributed by atoms with Crippen molar-refractivity contribution in [2.75, 3.05) is 0 Å². The summed E-state index contributed by atoms with van der Waals surface area (Å²) < 4.78 is 5.17. The highest BCUT2D eigenvalue weighted by Crippen LogP contribution is 2.35. The van der Waals surface area contributed by atoms with Crippen LogP contribution in [0.3, 0.4) is 0 Å². The van der Waals surface area contributed by atoms with Crippen molar-refractivity contribution in [1.29, 1.82) is 0 Å². The molecular formula is C14H12N2O3. The fraction of sp³-hybridized carbons (Fsp3) is 0.214. The molecule has 3 heterocycles. The number of hydrogen-bond donors (Lipinski definition) is 1. The van der Waals surface area contributed by atoms with Crippen molar-refractivity contribution in [2.45, 2.75) is 19.3 Å². The fourth-order valence-electron chi connectivity index (χ4n) is 2.38. The third kappa shape index (κ3) is 2.03. The van der Waals surface area contributed by atoms with Gasteiger partial charge in [0.15, 0.2) is 0 Å². The van der Waals surface area contributed by atoms with Gasteiger partial charge in [0.2, 0.25) is 0 Å². The molecule has 0 saturated heterocycles. The van der Waals surface area contributed by atoms with Crippen LogP contribution < -0.4 is 10.3 Å². The first-order valence-corrected chi connectivity index (χ1v) is 5.99. The SMILES string of the molecule is Cc1cc2c(c(=O)[nH]1)[C@@H](c1cccnc1)CC(=O)O2. The number of H-pyrrole nitrogens is 1. The molecule has 1 N–H and O–H groups in total. The van der Waals surface area contributed by atoms with Gasteiger partial charge < -0.3 is 9.72 Å². The van der Waals surface area contributed by atoms with E-state index in [4.69, 9.17) is 4.74 Å². The number of aromatic amines is 1. The lowest BCUT2D eigenvalue weighted by Crippen LogP contribution is -2.28. The standard InChI is InChI=1S/C14H12N2O3/c1-8-5-11-13(14(18)16-8)10(6-12(17)19-11)9-3-2-4-15-7-9/h2-5,7,10H,6H2,1H3,(H,16,18)/t10-/m1/s1. The molecule has 19 heavy (non-hydrogen) atoms. The minimum Gasteiger partial charge on any atom is -0.426 e. The van der Waals surface area contributed by atoms with Crippen LogP contribution in [0.2, 0.25) is 0 Å².